The number of rotatable bonds is 20. The molecule has 5 heterocycles. The molecular formula is C75H83ClN8O19S2. The number of para-hydroxylation sites is 1. The van der Waals surface area contributed by atoms with Crippen molar-refractivity contribution in [2.75, 3.05) is 39.8 Å². The zero-order chi connectivity index (χ0) is 76.2. The summed E-state index contributed by atoms with van der Waals surface area (Å²) in [5, 5.41) is 9.95. The first kappa shape index (κ1) is 78.5. The number of hydrogen-bond donors (Lipinski definition) is 3. The topological polar surface area (TPSA) is 345 Å². The van der Waals surface area contributed by atoms with E-state index in [0.717, 1.165) is 48.6 Å². The number of sulfone groups is 1. The van der Waals surface area contributed by atoms with Crippen molar-refractivity contribution in [1.82, 2.24) is 34.2 Å². The number of methoxy groups -OCH3 is 1. The third kappa shape index (κ3) is 19.2. The highest BCUT2D eigenvalue weighted by Crippen LogP contribution is 2.37. The van der Waals surface area contributed by atoms with E-state index in [2.05, 4.69) is 53.5 Å². The number of amides is 2. The number of H-pyrrole nitrogens is 1. The normalized spacial score (nSPS) is 13.6. The van der Waals surface area contributed by atoms with Crippen molar-refractivity contribution in [2.24, 2.45) is 17.6 Å². The van der Waals surface area contributed by atoms with Gasteiger partial charge in [-0.2, -0.15) is 4.98 Å². The van der Waals surface area contributed by atoms with E-state index in [4.69, 9.17) is 49.3 Å². The van der Waals surface area contributed by atoms with Gasteiger partial charge in [-0.25, -0.2) is 35.7 Å². The first-order valence-electron chi connectivity index (χ1n) is 33.7. The second kappa shape index (κ2) is 33.9. The van der Waals surface area contributed by atoms with Crippen LogP contribution in [0.15, 0.2) is 150 Å². The molecule has 9 aromatic rings. The standard InChI is InChI=1S/C23H32N2O4.C18H16ClNO5.C18H18N2O5S.C16H17N3O5S/c1-7-16-13-15(3)14-17(8-2)18(16)19-20(26)24-9-11-28-12-10-25(24)21(19)29-22(27)23(4,5)6;1-3-22-17(21)11(2)23-13-5-7-14(8-6-13)24-18-20-15-9-4-12(19)10-16(15)25-18;1-25-16-5-3-2-4-15(16)18(22)20-26(23,24)14-10-6-12(7-11-14)17(21)19-13-8-9-13;1-9-10(15(20)11-8-17-19(2)16(11)21)4-5-13(25(3,22)23)14(9)12-6-7-24-18-12/h13-14H,7-12H2,1-6H3;4-11H,3H2,1-2H3;2-7,10-11,13H,8-9H2,1H3,(H,19,21)(H,20,22);4-5,8,17H,6-7H2,1-3H3/t;11-;;/m.1../s1. The summed E-state index contributed by atoms with van der Waals surface area (Å²) < 4.78 is 93.7. The van der Waals surface area contributed by atoms with Crippen LogP contribution in [0.5, 0.6) is 29.2 Å². The predicted octanol–water partition coefficient (Wildman–Crippen LogP) is 10.8. The van der Waals surface area contributed by atoms with E-state index >= 15 is 0 Å². The molecule has 3 aliphatic rings. The molecule has 0 saturated heterocycles. The van der Waals surface area contributed by atoms with E-state index < -0.39 is 54.6 Å². The minimum absolute atomic E-state index is 0.00623. The molecule has 3 aromatic heterocycles. The second-order valence-corrected chi connectivity index (χ2v) is 29.7. The molecule has 12 rings (SSSR count). The van der Waals surface area contributed by atoms with Crippen LogP contribution in [0.2, 0.25) is 5.02 Å². The third-order valence-electron chi connectivity index (χ3n) is 16.7. The first-order valence-corrected chi connectivity index (χ1v) is 37.5. The number of nitrogens with one attached hydrogen (secondary N) is 3. The van der Waals surface area contributed by atoms with Crippen molar-refractivity contribution in [3.8, 4) is 40.3 Å². The molecule has 1 saturated carbocycles. The lowest BCUT2D eigenvalue weighted by Crippen LogP contribution is -2.31. The number of ether oxygens (including phenoxy) is 6. The molecule has 0 radical (unpaired) electrons. The summed E-state index contributed by atoms with van der Waals surface area (Å²) in [5.74, 6) is -0.610. The zero-order valence-electron chi connectivity index (χ0n) is 60.2. The number of aromatic nitrogens is 5. The van der Waals surface area contributed by atoms with E-state index in [1.54, 1.807) is 90.8 Å². The summed E-state index contributed by atoms with van der Waals surface area (Å²) in [5.41, 5.74) is 6.79. The van der Waals surface area contributed by atoms with Crippen LogP contribution in [0.3, 0.4) is 0 Å². The molecule has 0 unspecified atom stereocenters. The maximum atomic E-state index is 13.5. The smallest absolute Gasteiger partial charge is 0.400 e. The van der Waals surface area contributed by atoms with Gasteiger partial charge < -0.3 is 48.1 Å². The first-order chi connectivity index (χ1) is 49.8. The van der Waals surface area contributed by atoms with Gasteiger partial charge in [0.15, 0.2) is 27.3 Å². The van der Waals surface area contributed by atoms with Crippen molar-refractivity contribution in [2.45, 2.75) is 129 Å². The largest absolute Gasteiger partial charge is 0.496 e. The number of sulfonamides is 1. The average molecular weight is 1500 g/mol. The lowest BCUT2D eigenvalue weighted by Gasteiger charge is -2.19. The van der Waals surface area contributed by atoms with E-state index in [0.29, 0.717) is 107 Å². The lowest BCUT2D eigenvalue weighted by atomic mass is 9.91. The molecule has 3 N–H and O–H groups in total. The van der Waals surface area contributed by atoms with Crippen LogP contribution in [0.1, 0.15) is 132 Å². The van der Waals surface area contributed by atoms with Crippen LogP contribution in [0.4, 0.5) is 0 Å². The molecule has 1 fully saturated rings. The Bertz CT molecular complexity index is 5100. The number of halogens is 1. The summed E-state index contributed by atoms with van der Waals surface area (Å²) >= 11 is 5.91. The Morgan fingerprint density at radius 3 is 2.01 bits per heavy atom. The number of oxazole rings is 1. The van der Waals surface area contributed by atoms with Gasteiger partial charge in [0.2, 0.25) is 5.88 Å². The van der Waals surface area contributed by atoms with Gasteiger partial charge in [-0.1, -0.05) is 60.4 Å². The van der Waals surface area contributed by atoms with Gasteiger partial charge in [0, 0.05) is 59.7 Å². The Hall–Kier alpha value is -10.6. The van der Waals surface area contributed by atoms with Crippen molar-refractivity contribution in [3.63, 3.8) is 0 Å². The number of nitrogens with zero attached hydrogens (tertiary/aromatic N) is 5. The molecule has 105 heavy (non-hydrogen) atoms. The van der Waals surface area contributed by atoms with Gasteiger partial charge in [-0.15, -0.1) is 0 Å². The fraction of sp³-hybridized carbons (Fsp3) is 0.347. The predicted molar refractivity (Wildman–Crippen MR) is 391 cm³/mol. The molecule has 0 spiro atoms. The number of aromatic amines is 1. The quantitative estimate of drug-likeness (QED) is 0.0471. The summed E-state index contributed by atoms with van der Waals surface area (Å²) in [4.78, 5) is 96.1. The third-order valence-corrected chi connectivity index (χ3v) is 19.4. The highest BCUT2D eigenvalue weighted by Gasteiger charge is 2.34. The number of ketones is 1. The minimum Gasteiger partial charge on any atom is -0.496 e. The number of hydrogen-bond acceptors (Lipinski definition) is 21. The van der Waals surface area contributed by atoms with Gasteiger partial charge in [-0.05, 0) is 181 Å². The lowest BCUT2D eigenvalue weighted by molar-refractivity contribution is -0.150. The fourth-order valence-electron chi connectivity index (χ4n) is 11.1. The van der Waals surface area contributed by atoms with Crippen molar-refractivity contribution >= 4 is 77.8 Å². The van der Waals surface area contributed by atoms with Crippen molar-refractivity contribution in [3.05, 3.63) is 197 Å². The molecule has 0 bridgehead atoms. The van der Waals surface area contributed by atoms with Gasteiger partial charge in [-0.3, -0.25) is 33.4 Å². The highest BCUT2D eigenvalue weighted by molar-refractivity contribution is 7.91. The number of carbonyl (C=O) groups is 5. The van der Waals surface area contributed by atoms with Crippen LogP contribution in [0, 0.1) is 19.3 Å². The van der Waals surface area contributed by atoms with E-state index in [1.807, 2.05) is 25.5 Å². The zero-order valence-corrected chi connectivity index (χ0v) is 62.6. The number of oxime groups is 1. The fourth-order valence-corrected chi connectivity index (χ4v) is 13.2. The summed E-state index contributed by atoms with van der Waals surface area (Å²) in [6.45, 7) is 19.2. The van der Waals surface area contributed by atoms with Gasteiger partial charge >= 0.3 is 18.0 Å². The Morgan fingerprint density at radius 1 is 0.762 bits per heavy atom. The number of benzene rings is 6. The number of carbonyl (C=O) groups excluding carboxylic acids is 5. The number of esters is 2. The van der Waals surface area contributed by atoms with Crippen LogP contribution in [-0.4, -0.2) is 128 Å². The molecule has 6 aromatic carbocycles. The maximum absolute atomic E-state index is 13.5. The Kier molecular flexibility index (Phi) is 25.3. The van der Waals surface area contributed by atoms with Crippen LogP contribution >= 0.6 is 11.6 Å². The summed E-state index contributed by atoms with van der Waals surface area (Å²) in [6.07, 6.45) is 5.84. The molecule has 2 amide bonds. The summed E-state index contributed by atoms with van der Waals surface area (Å²) in [7, 11) is -4.69. The molecule has 30 heteroatoms. The molecule has 1 atom stereocenters. The monoisotopic (exact) mass is 1500 g/mol. The van der Waals surface area contributed by atoms with Crippen molar-refractivity contribution in [1.29, 1.82) is 0 Å². The van der Waals surface area contributed by atoms with Gasteiger partial charge in [0.25, 0.3) is 33.0 Å². The molecule has 2 aliphatic heterocycles. The van der Waals surface area contributed by atoms with E-state index in [1.165, 1.54) is 73.1 Å². The van der Waals surface area contributed by atoms with Crippen LogP contribution in [0.25, 0.3) is 22.2 Å². The Labute approximate surface area is 611 Å². The van der Waals surface area contributed by atoms with Gasteiger partial charge in [0.05, 0.1) is 66.5 Å². The summed E-state index contributed by atoms with van der Waals surface area (Å²) in [6, 6.07) is 30.9. The van der Waals surface area contributed by atoms with Crippen LogP contribution < -0.4 is 40.1 Å². The number of fused-ring (bicyclic) bond motifs is 2. The average Bonchev–Trinajstić information content (AvgIpc) is 1.58. The maximum Gasteiger partial charge on any atom is 0.400 e. The number of aryl methyl sites for hydroxylation is 4. The molecule has 556 valence electrons. The molecule has 1 aliphatic carbocycles. The Balaban J connectivity index is 0.000000162. The van der Waals surface area contributed by atoms with E-state index in [9.17, 15) is 50.4 Å². The van der Waals surface area contributed by atoms with Crippen molar-refractivity contribution < 1.29 is 78.5 Å². The van der Waals surface area contributed by atoms with Gasteiger partial charge in [0.1, 0.15) is 40.5 Å². The van der Waals surface area contributed by atoms with E-state index in [-0.39, 0.29) is 61.8 Å². The molecule has 27 nitrogen and oxygen atoms in total. The minimum atomic E-state index is -4.07. The SMILES string of the molecule is CCOC(=O)[C@@H](C)Oc1ccc(Oc2nc3ccc(Cl)cc3o2)cc1.CCc1cc(C)cc(CC)c1-c1c(OC(=O)C(C)(C)C)n2n(c1=O)CCOCC2.COc1ccccc1C(=O)NS(=O)(=O)c1ccc(C(=O)NC2CC2)cc1.Cc1c(C(=O)c2c[nH]n(C)c2=O)ccc(S(C)(=O)=O)c1C1=NOCC1. The second-order valence-electron chi connectivity index (χ2n) is 25.6. The highest BCUT2D eigenvalue weighted by atomic mass is 35.5. The Morgan fingerprint density at radius 2 is 1.42 bits per heavy atom. The van der Waals surface area contributed by atoms with Crippen LogP contribution in [-0.2, 0) is 76.7 Å². The molecular weight excluding hydrogens is 1420 g/mol.